The first-order chi connectivity index (χ1) is 12.6. The Hall–Kier alpha value is -3.35. The van der Waals surface area contributed by atoms with E-state index in [1.165, 1.54) is 12.3 Å². The van der Waals surface area contributed by atoms with E-state index in [2.05, 4.69) is 10.3 Å². The van der Waals surface area contributed by atoms with Gasteiger partial charge in [-0.1, -0.05) is 26.8 Å². The molecule has 1 amide bonds. The lowest BCUT2D eigenvalue weighted by Crippen LogP contribution is -2.22. The number of benzene rings is 2. The van der Waals surface area contributed by atoms with Gasteiger partial charge in [0.2, 0.25) is 5.43 Å². The number of pyridine rings is 1. The molecule has 0 fully saturated rings. The van der Waals surface area contributed by atoms with Gasteiger partial charge in [0, 0.05) is 17.8 Å². The van der Waals surface area contributed by atoms with Crippen LogP contribution in [0.2, 0.25) is 0 Å². The quantitative estimate of drug-likeness (QED) is 0.553. The first-order valence-corrected chi connectivity index (χ1v) is 8.27. The number of H-pyrrole nitrogens is 1. The van der Waals surface area contributed by atoms with Gasteiger partial charge < -0.3 is 20.5 Å². The van der Waals surface area contributed by atoms with E-state index in [1.807, 2.05) is 20.8 Å². The number of aromatic amines is 1. The second-order valence-corrected chi connectivity index (χ2v) is 7.28. The lowest BCUT2D eigenvalue weighted by atomic mass is 9.86. The van der Waals surface area contributed by atoms with Crippen LogP contribution in [0.15, 0.2) is 41.3 Å². The van der Waals surface area contributed by atoms with Gasteiger partial charge in [0.05, 0.1) is 16.6 Å². The number of aromatic nitrogens is 1. The van der Waals surface area contributed by atoms with Crippen LogP contribution in [0.4, 0.5) is 10.1 Å². The molecule has 0 aliphatic carbocycles. The molecule has 0 atom stereocenters. The highest BCUT2D eigenvalue weighted by atomic mass is 19.1. The molecule has 0 bridgehead atoms. The zero-order valence-electron chi connectivity index (χ0n) is 15.1. The fraction of sp³-hybridized carbons (Fsp3) is 0.200. The normalized spacial score (nSPS) is 11.6. The summed E-state index contributed by atoms with van der Waals surface area (Å²) in [6, 6.07) is 6.74. The molecule has 0 unspecified atom stereocenters. The van der Waals surface area contributed by atoms with E-state index < -0.39 is 22.6 Å². The number of anilines is 1. The number of hydrogen-bond acceptors (Lipinski definition) is 4. The molecule has 0 saturated heterocycles. The van der Waals surface area contributed by atoms with Gasteiger partial charge in [0.1, 0.15) is 22.9 Å². The van der Waals surface area contributed by atoms with Crippen molar-refractivity contribution >= 4 is 22.5 Å². The van der Waals surface area contributed by atoms with Crippen LogP contribution >= 0.6 is 0 Å². The number of halogens is 1. The Kier molecular flexibility index (Phi) is 4.39. The van der Waals surface area contributed by atoms with Crippen molar-refractivity contribution in [3.05, 3.63) is 63.7 Å². The zero-order chi connectivity index (χ0) is 19.9. The molecule has 140 valence electrons. The average Bonchev–Trinajstić information content (AvgIpc) is 2.57. The molecule has 27 heavy (non-hydrogen) atoms. The Bertz CT molecular complexity index is 1110. The average molecular weight is 370 g/mol. The first-order valence-electron chi connectivity index (χ1n) is 8.27. The fourth-order valence-corrected chi connectivity index (χ4v) is 2.87. The predicted octanol–water partition coefficient (Wildman–Crippen LogP) is 3.63. The van der Waals surface area contributed by atoms with Gasteiger partial charge in [0.15, 0.2) is 0 Å². The number of carbonyl (C=O) groups excluding carboxylic acids is 1. The van der Waals surface area contributed by atoms with Crippen molar-refractivity contribution in [2.24, 2.45) is 0 Å². The van der Waals surface area contributed by atoms with Crippen molar-refractivity contribution in [2.45, 2.75) is 26.2 Å². The van der Waals surface area contributed by atoms with Crippen molar-refractivity contribution in [1.29, 1.82) is 0 Å². The van der Waals surface area contributed by atoms with Crippen molar-refractivity contribution in [3.8, 4) is 11.5 Å². The summed E-state index contributed by atoms with van der Waals surface area (Å²) >= 11 is 0. The number of carbonyl (C=O) groups is 1. The van der Waals surface area contributed by atoms with E-state index in [0.29, 0.717) is 11.1 Å². The van der Waals surface area contributed by atoms with Crippen LogP contribution in [-0.2, 0) is 5.41 Å². The number of fused-ring (bicyclic) bond motifs is 1. The topological polar surface area (TPSA) is 102 Å². The molecule has 2 aromatic carbocycles. The lowest BCUT2D eigenvalue weighted by molar-refractivity contribution is 0.102. The third kappa shape index (κ3) is 3.36. The van der Waals surface area contributed by atoms with Crippen molar-refractivity contribution < 1.29 is 19.4 Å². The van der Waals surface area contributed by atoms with E-state index in [4.69, 9.17) is 0 Å². The third-order valence-corrected chi connectivity index (χ3v) is 4.27. The maximum atomic E-state index is 14.4. The second-order valence-electron chi connectivity index (χ2n) is 7.28. The van der Waals surface area contributed by atoms with Gasteiger partial charge in [-0.3, -0.25) is 9.59 Å². The third-order valence-electron chi connectivity index (χ3n) is 4.27. The summed E-state index contributed by atoms with van der Waals surface area (Å²) in [6.45, 7) is 5.46. The summed E-state index contributed by atoms with van der Waals surface area (Å²) < 4.78 is 14.4. The van der Waals surface area contributed by atoms with Gasteiger partial charge >= 0.3 is 0 Å². The van der Waals surface area contributed by atoms with E-state index in [0.717, 1.165) is 12.1 Å². The van der Waals surface area contributed by atoms with Crippen LogP contribution in [0.3, 0.4) is 0 Å². The fourth-order valence-electron chi connectivity index (χ4n) is 2.87. The Morgan fingerprint density at radius 1 is 1.15 bits per heavy atom. The van der Waals surface area contributed by atoms with Crippen molar-refractivity contribution in [3.63, 3.8) is 0 Å². The Balaban J connectivity index is 2.01. The van der Waals surface area contributed by atoms with Gasteiger partial charge in [-0.15, -0.1) is 0 Å². The molecule has 0 saturated carbocycles. The number of aromatic hydroxyl groups is 2. The van der Waals surface area contributed by atoms with E-state index >= 15 is 0 Å². The molecule has 0 aliphatic rings. The maximum Gasteiger partial charge on any atom is 0.261 e. The van der Waals surface area contributed by atoms with Crippen LogP contribution in [-0.4, -0.2) is 21.1 Å². The molecule has 1 aromatic heterocycles. The minimum atomic E-state index is -0.858. The number of hydrogen-bond donors (Lipinski definition) is 4. The standard InChI is InChI=1S/C20H19FN2O4/c1-20(2,3)11-7-12(21)14(8-16(11)25)23-19(27)10-9-22-13-5-4-6-15(24)17(13)18(10)26/h4-9,24-25H,1-3H3,(H,22,26)(H,23,27). The summed E-state index contributed by atoms with van der Waals surface area (Å²) in [7, 11) is 0. The molecule has 0 spiro atoms. The highest BCUT2D eigenvalue weighted by Gasteiger charge is 2.22. The van der Waals surface area contributed by atoms with Crippen molar-refractivity contribution in [1.82, 2.24) is 4.98 Å². The molecule has 0 radical (unpaired) electrons. The van der Waals surface area contributed by atoms with Gasteiger partial charge in [-0.2, -0.15) is 0 Å². The highest BCUT2D eigenvalue weighted by molar-refractivity contribution is 6.06. The number of nitrogens with one attached hydrogen (secondary N) is 2. The SMILES string of the molecule is CC(C)(C)c1cc(F)c(NC(=O)c2c[nH]c3cccc(O)c3c2=O)cc1O. The summed E-state index contributed by atoms with van der Waals surface area (Å²) in [4.78, 5) is 27.8. The number of rotatable bonds is 2. The zero-order valence-corrected chi connectivity index (χ0v) is 15.1. The molecular weight excluding hydrogens is 351 g/mol. The smallest absolute Gasteiger partial charge is 0.261 e. The minimum absolute atomic E-state index is 0.0310. The van der Waals surface area contributed by atoms with Gasteiger partial charge in [-0.25, -0.2) is 4.39 Å². The number of amides is 1. The highest BCUT2D eigenvalue weighted by Crippen LogP contribution is 2.34. The molecule has 4 N–H and O–H groups in total. The molecule has 3 aromatic rings. The molecule has 3 rings (SSSR count). The van der Waals surface area contributed by atoms with E-state index in [-0.39, 0.29) is 28.1 Å². The predicted molar refractivity (Wildman–Crippen MR) is 101 cm³/mol. The Labute approximate surface area is 154 Å². The molecule has 1 heterocycles. The largest absolute Gasteiger partial charge is 0.508 e. The molecule has 6 nitrogen and oxygen atoms in total. The summed E-state index contributed by atoms with van der Waals surface area (Å²) in [5.41, 5.74) is -0.942. The summed E-state index contributed by atoms with van der Waals surface area (Å²) in [5, 5.41) is 22.3. The van der Waals surface area contributed by atoms with E-state index in [1.54, 1.807) is 12.1 Å². The Morgan fingerprint density at radius 2 is 1.85 bits per heavy atom. The van der Waals surface area contributed by atoms with Gasteiger partial charge in [-0.05, 0) is 23.6 Å². The van der Waals surface area contributed by atoms with Crippen LogP contribution in [0.25, 0.3) is 10.9 Å². The number of phenols is 2. The minimum Gasteiger partial charge on any atom is -0.508 e. The summed E-state index contributed by atoms with van der Waals surface area (Å²) in [5.74, 6) is -2.01. The molecular formula is C20H19FN2O4. The van der Waals surface area contributed by atoms with Crippen LogP contribution in [0.1, 0.15) is 36.7 Å². The van der Waals surface area contributed by atoms with Crippen LogP contribution < -0.4 is 10.7 Å². The lowest BCUT2D eigenvalue weighted by Gasteiger charge is -2.21. The Morgan fingerprint density at radius 3 is 2.52 bits per heavy atom. The second kappa shape index (κ2) is 6.42. The first kappa shape index (κ1) is 18.4. The van der Waals surface area contributed by atoms with Gasteiger partial charge in [0.25, 0.3) is 5.91 Å². The summed E-state index contributed by atoms with van der Waals surface area (Å²) in [6.07, 6.45) is 1.20. The molecule has 7 heteroatoms. The van der Waals surface area contributed by atoms with Crippen molar-refractivity contribution in [2.75, 3.05) is 5.32 Å². The molecule has 0 aliphatic heterocycles. The maximum absolute atomic E-state index is 14.4. The van der Waals surface area contributed by atoms with Crippen LogP contribution in [0.5, 0.6) is 11.5 Å². The van der Waals surface area contributed by atoms with Crippen LogP contribution in [0, 0.1) is 5.82 Å². The monoisotopic (exact) mass is 370 g/mol. The number of phenolic OH excluding ortho intramolecular Hbond substituents is 2. The van der Waals surface area contributed by atoms with E-state index in [9.17, 15) is 24.2 Å².